The van der Waals surface area contributed by atoms with Gasteiger partial charge in [0, 0.05) is 28.2 Å². The number of aromatic nitrogens is 4. The molecule has 0 bridgehead atoms. The first-order chi connectivity index (χ1) is 19.1. The summed E-state index contributed by atoms with van der Waals surface area (Å²) in [4.78, 5) is 17.4. The summed E-state index contributed by atoms with van der Waals surface area (Å²) in [6, 6.07) is 32.9. The number of benzene rings is 4. The van der Waals surface area contributed by atoms with E-state index >= 15 is 0 Å². The third-order valence-electron chi connectivity index (χ3n) is 6.48. The number of hydrogen-bond donors (Lipinski definition) is 1. The number of carbonyl (C=O) groups excluding carboxylic acids is 1. The SMILES string of the molecule is COc1ccc(-n2c(S[C@H](C(=O)c3c[nH]c4ccccc34)c3ccccc3)nnc2-c2ccccc2)cc1Cl. The van der Waals surface area contributed by atoms with E-state index in [2.05, 4.69) is 15.2 Å². The van der Waals surface area contributed by atoms with E-state index in [0.717, 1.165) is 27.7 Å². The first-order valence-electron chi connectivity index (χ1n) is 12.3. The number of thioether (sulfide) groups is 1. The topological polar surface area (TPSA) is 72.8 Å². The summed E-state index contributed by atoms with van der Waals surface area (Å²) < 4.78 is 7.30. The highest BCUT2D eigenvalue weighted by molar-refractivity contribution is 8.00. The van der Waals surface area contributed by atoms with E-state index in [9.17, 15) is 4.79 Å². The lowest BCUT2D eigenvalue weighted by atomic mass is 10.0. The van der Waals surface area contributed by atoms with E-state index in [-0.39, 0.29) is 5.78 Å². The molecule has 0 unspecified atom stereocenters. The van der Waals surface area contributed by atoms with E-state index in [1.165, 1.54) is 11.8 Å². The van der Waals surface area contributed by atoms with Crippen LogP contribution in [0.15, 0.2) is 114 Å². The molecule has 6 nitrogen and oxygen atoms in total. The number of nitrogens with zero attached hydrogens (tertiary/aromatic N) is 3. The molecule has 0 aliphatic heterocycles. The van der Waals surface area contributed by atoms with Crippen LogP contribution in [0.25, 0.3) is 28.0 Å². The Labute approximate surface area is 234 Å². The van der Waals surface area contributed by atoms with Gasteiger partial charge in [0.15, 0.2) is 16.8 Å². The Morgan fingerprint density at radius 3 is 2.38 bits per heavy atom. The highest BCUT2D eigenvalue weighted by Gasteiger charge is 2.29. The molecule has 0 amide bonds. The zero-order valence-electron chi connectivity index (χ0n) is 20.9. The summed E-state index contributed by atoms with van der Waals surface area (Å²) in [6.07, 6.45) is 1.78. The summed E-state index contributed by atoms with van der Waals surface area (Å²) in [5.74, 6) is 1.19. The summed E-state index contributed by atoms with van der Waals surface area (Å²) in [5.41, 5.74) is 4.08. The van der Waals surface area contributed by atoms with Crippen molar-refractivity contribution in [3.63, 3.8) is 0 Å². The van der Waals surface area contributed by atoms with Gasteiger partial charge < -0.3 is 9.72 Å². The molecule has 0 aliphatic rings. The normalized spacial score (nSPS) is 11.9. The van der Waals surface area contributed by atoms with Crippen LogP contribution in [0.3, 0.4) is 0 Å². The van der Waals surface area contributed by atoms with Crippen LogP contribution in [-0.4, -0.2) is 32.6 Å². The predicted octanol–water partition coefficient (Wildman–Crippen LogP) is 7.79. The number of ketones is 1. The second kappa shape index (κ2) is 10.8. The maximum absolute atomic E-state index is 14.2. The Balaban J connectivity index is 1.49. The number of para-hydroxylation sites is 1. The number of fused-ring (bicyclic) bond motifs is 1. The molecular formula is C31H23ClN4O2S. The molecule has 0 radical (unpaired) electrons. The average molecular weight is 551 g/mol. The van der Waals surface area contributed by atoms with Crippen molar-refractivity contribution in [3.8, 4) is 22.8 Å². The smallest absolute Gasteiger partial charge is 0.197 e. The van der Waals surface area contributed by atoms with Crippen LogP contribution < -0.4 is 4.74 Å². The number of ether oxygens (including phenoxy) is 1. The third-order valence-corrected chi connectivity index (χ3v) is 7.97. The van der Waals surface area contributed by atoms with Gasteiger partial charge in [0.2, 0.25) is 0 Å². The van der Waals surface area contributed by atoms with Crippen LogP contribution in [0.5, 0.6) is 5.75 Å². The van der Waals surface area contributed by atoms with Crippen LogP contribution in [0.2, 0.25) is 5.02 Å². The van der Waals surface area contributed by atoms with Gasteiger partial charge in [-0.3, -0.25) is 9.36 Å². The lowest BCUT2D eigenvalue weighted by Crippen LogP contribution is -2.11. The van der Waals surface area contributed by atoms with Crippen molar-refractivity contribution in [2.45, 2.75) is 10.4 Å². The molecule has 2 aromatic heterocycles. The van der Waals surface area contributed by atoms with Gasteiger partial charge in [0.25, 0.3) is 0 Å². The first-order valence-corrected chi connectivity index (χ1v) is 13.6. The molecule has 39 heavy (non-hydrogen) atoms. The number of methoxy groups -OCH3 is 1. The molecule has 4 aromatic carbocycles. The van der Waals surface area contributed by atoms with Crippen molar-refractivity contribution in [3.05, 3.63) is 125 Å². The number of carbonyl (C=O) groups is 1. The number of nitrogens with one attached hydrogen (secondary N) is 1. The van der Waals surface area contributed by atoms with Crippen LogP contribution in [-0.2, 0) is 0 Å². The fourth-order valence-electron chi connectivity index (χ4n) is 4.57. The van der Waals surface area contributed by atoms with Gasteiger partial charge in [0.05, 0.1) is 17.8 Å². The highest BCUT2D eigenvalue weighted by atomic mass is 35.5. The summed E-state index contributed by atoms with van der Waals surface area (Å²) in [5, 5.41) is 10.5. The zero-order valence-corrected chi connectivity index (χ0v) is 22.5. The minimum Gasteiger partial charge on any atom is -0.495 e. The van der Waals surface area contributed by atoms with Crippen LogP contribution >= 0.6 is 23.4 Å². The summed E-state index contributed by atoms with van der Waals surface area (Å²) in [6.45, 7) is 0. The Morgan fingerprint density at radius 2 is 1.64 bits per heavy atom. The van der Waals surface area contributed by atoms with Gasteiger partial charge >= 0.3 is 0 Å². The minimum absolute atomic E-state index is 0.0211. The Kier molecular flexibility index (Phi) is 6.92. The van der Waals surface area contributed by atoms with E-state index in [1.54, 1.807) is 13.3 Å². The molecule has 1 N–H and O–H groups in total. The van der Waals surface area contributed by atoms with Gasteiger partial charge in [0.1, 0.15) is 11.0 Å². The number of H-pyrrole nitrogens is 1. The van der Waals surface area contributed by atoms with Crippen LogP contribution in [0.1, 0.15) is 21.2 Å². The fourth-order valence-corrected chi connectivity index (χ4v) is 5.95. The first kappa shape index (κ1) is 25.0. The van der Waals surface area contributed by atoms with E-state index < -0.39 is 5.25 Å². The second-order valence-electron chi connectivity index (χ2n) is 8.85. The number of rotatable bonds is 8. The molecular weight excluding hydrogens is 528 g/mol. The Morgan fingerprint density at radius 1 is 0.923 bits per heavy atom. The summed E-state index contributed by atoms with van der Waals surface area (Å²) >= 11 is 7.89. The van der Waals surface area contributed by atoms with Crippen LogP contribution in [0, 0.1) is 0 Å². The van der Waals surface area contributed by atoms with Gasteiger partial charge in [-0.05, 0) is 29.8 Å². The van der Waals surface area contributed by atoms with Crippen molar-refractivity contribution in [1.82, 2.24) is 19.7 Å². The molecule has 2 heterocycles. The predicted molar refractivity (Wildman–Crippen MR) is 156 cm³/mol. The molecule has 0 fully saturated rings. The molecule has 0 saturated carbocycles. The average Bonchev–Trinajstić information content (AvgIpc) is 3.61. The molecule has 0 spiro atoms. The van der Waals surface area contributed by atoms with Crippen molar-refractivity contribution >= 4 is 40.0 Å². The van der Waals surface area contributed by atoms with Crippen molar-refractivity contribution in [1.29, 1.82) is 0 Å². The number of aromatic amines is 1. The van der Waals surface area contributed by atoms with E-state index in [4.69, 9.17) is 16.3 Å². The van der Waals surface area contributed by atoms with E-state index in [1.807, 2.05) is 108 Å². The molecule has 1 atom stereocenters. The molecule has 0 saturated heterocycles. The molecule has 0 aliphatic carbocycles. The monoisotopic (exact) mass is 550 g/mol. The standard InChI is InChI=1S/C31H23ClN4O2S/c1-38-27-17-16-22(18-25(27)32)36-30(21-12-6-3-7-13-21)34-35-31(36)39-29(20-10-4-2-5-11-20)28(37)24-19-33-26-15-9-8-14-23(24)26/h2-19,29,33H,1H3/t29-/m0/s1. The zero-order chi connectivity index (χ0) is 26.8. The number of Topliss-reactive ketones (excluding diaryl/α,β-unsaturated/α-hetero) is 1. The molecule has 6 rings (SSSR count). The van der Waals surface area contributed by atoms with Crippen molar-refractivity contribution in [2.24, 2.45) is 0 Å². The largest absolute Gasteiger partial charge is 0.495 e. The lowest BCUT2D eigenvalue weighted by Gasteiger charge is -2.17. The van der Waals surface area contributed by atoms with Crippen molar-refractivity contribution in [2.75, 3.05) is 7.11 Å². The number of hydrogen-bond acceptors (Lipinski definition) is 5. The highest BCUT2D eigenvalue weighted by Crippen LogP contribution is 2.41. The van der Waals surface area contributed by atoms with E-state index in [0.29, 0.717) is 27.3 Å². The minimum atomic E-state index is -0.564. The maximum Gasteiger partial charge on any atom is 0.197 e. The Hall–Kier alpha value is -4.33. The third kappa shape index (κ3) is 4.82. The van der Waals surface area contributed by atoms with Crippen LogP contribution in [0.4, 0.5) is 0 Å². The summed E-state index contributed by atoms with van der Waals surface area (Å²) in [7, 11) is 1.58. The van der Waals surface area contributed by atoms with Gasteiger partial charge in [-0.2, -0.15) is 0 Å². The second-order valence-corrected chi connectivity index (χ2v) is 10.3. The quantitative estimate of drug-likeness (QED) is 0.155. The Bertz CT molecular complexity index is 1770. The lowest BCUT2D eigenvalue weighted by molar-refractivity contribution is 0.0991. The van der Waals surface area contributed by atoms with Gasteiger partial charge in [-0.15, -0.1) is 10.2 Å². The molecule has 8 heteroatoms. The van der Waals surface area contributed by atoms with Crippen molar-refractivity contribution < 1.29 is 9.53 Å². The maximum atomic E-state index is 14.2. The number of halogens is 1. The molecule has 192 valence electrons. The van der Waals surface area contributed by atoms with Gasteiger partial charge in [-0.25, -0.2) is 0 Å². The van der Waals surface area contributed by atoms with Gasteiger partial charge in [-0.1, -0.05) is 102 Å². The molecule has 6 aromatic rings. The fraction of sp³-hybridized carbons (Fsp3) is 0.0645.